The van der Waals surface area contributed by atoms with Gasteiger partial charge in [-0.2, -0.15) is 13.2 Å². The van der Waals surface area contributed by atoms with Gasteiger partial charge in [-0.25, -0.2) is 4.98 Å². The van der Waals surface area contributed by atoms with Crippen LogP contribution in [0.3, 0.4) is 0 Å². The fourth-order valence-electron chi connectivity index (χ4n) is 1.39. The van der Waals surface area contributed by atoms with Crippen LogP contribution in [0.25, 0.3) is 0 Å². The van der Waals surface area contributed by atoms with Gasteiger partial charge in [-0.05, 0) is 30.3 Å². The molecule has 0 aliphatic carbocycles. The highest BCUT2D eigenvalue weighted by Crippen LogP contribution is 2.34. The average molecular weight is 307 g/mol. The molecule has 0 radical (unpaired) electrons. The van der Waals surface area contributed by atoms with Crippen molar-refractivity contribution in [3.8, 4) is 0 Å². The quantitative estimate of drug-likeness (QED) is 0.830. The lowest BCUT2D eigenvalue weighted by atomic mass is 10.2. The smallest absolute Gasteiger partial charge is 0.339 e. The number of rotatable bonds is 2. The number of aromatic nitrogens is 1. The van der Waals surface area contributed by atoms with Crippen molar-refractivity contribution < 1.29 is 13.2 Å². The van der Waals surface area contributed by atoms with Gasteiger partial charge in [0.05, 0.1) is 21.3 Å². The van der Waals surface area contributed by atoms with Crippen LogP contribution in [0, 0.1) is 0 Å². The summed E-state index contributed by atoms with van der Waals surface area (Å²) in [6.45, 7) is 0. The normalized spacial score (nSPS) is 11.4. The van der Waals surface area contributed by atoms with Gasteiger partial charge < -0.3 is 5.32 Å². The largest absolute Gasteiger partial charge is 0.416 e. The maximum Gasteiger partial charge on any atom is 0.416 e. The van der Waals surface area contributed by atoms with E-state index >= 15 is 0 Å². The van der Waals surface area contributed by atoms with Gasteiger partial charge >= 0.3 is 6.18 Å². The van der Waals surface area contributed by atoms with E-state index in [-0.39, 0.29) is 10.7 Å². The Balaban J connectivity index is 2.31. The highest BCUT2D eigenvalue weighted by Gasteiger charge is 2.30. The predicted octanol–water partition coefficient (Wildman–Crippen LogP) is 5.15. The Morgan fingerprint density at radius 2 is 1.79 bits per heavy atom. The van der Waals surface area contributed by atoms with Gasteiger partial charge in [0.15, 0.2) is 0 Å². The van der Waals surface area contributed by atoms with Crippen molar-refractivity contribution in [2.45, 2.75) is 6.18 Å². The van der Waals surface area contributed by atoms with Crippen LogP contribution in [0.15, 0.2) is 36.5 Å². The van der Waals surface area contributed by atoms with E-state index in [1.165, 1.54) is 12.3 Å². The molecule has 0 amide bonds. The van der Waals surface area contributed by atoms with E-state index < -0.39 is 11.7 Å². The van der Waals surface area contributed by atoms with Crippen LogP contribution in [-0.2, 0) is 6.18 Å². The first-order valence-corrected chi connectivity index (χ1v) is 5.87. The van der Waals surface area contributed by atoms with E-state index in [1.54, 1.807) is 12.1 Å². The van der Waals surface area contributed by atoms with E-state index in [0.29, 0.717) is 10.8 Å². The lowest BCUT2D eigenvalue weighted by Crippen LogP contribution is -2.05. The van der Waals surface area contributed by atoms with Crippen LogP contribution >= 0.6 is 23.2 Å². The molecule has 19 heavy (non-hydrogen) atoms. The maximum atomic E-state index is 12.6. The summed E-state index contributed by atoms with van der Waals surface area (Å²) >= 11 is 11.5. The third-order valence-electron chi connectivity index (χ3n) is 2.28. The topological polar surface area (TPSA) is 24.9 Å². The summed E-state index contributed by atoms with van der Waals surface area (Å²) in [7, 11) is 0. The Morgan fingerprint density at radius 3 is 2.37 bits per heavy atom. The van der Waals surface area contributed by atoms with E-state index in [4.69, 9.17) is 23.2 Å². The molecule has 0 aliphatic rings. The van der Waals surface area contributed by atoms with Crippen molar-refractivity contribution in [1.29, 1.82) is 0 Å². The summed E-state index contributed by atoms with van der Waals surface area (Å²) in [6, 6.07) is 6.14. The molecule has 0 atom stereocenters. The fraction of sp³-hybridized carbons (Fsp3) is 0.0833. The standard InChI is InChI=1S/C12H7Cl2F3N2/c13-8-2-4-11(18-6-8)19-10-5-7(12(15,16)17)1-3-9(10)14/h1-6H,(H,18,19). The number of nitrogens with one attached hydrogen (secondary N) is 1. The van der Waals surface area contributed by atoms with Crippen LogP contribution in [0.1, 0.15) is 5.56 Å². The highest BCUT2D eigenvalue weighted by atomic mass is 35.5. The van der Waals surface area contributed by atoms with Gasteiger partial charge in [0.2, 0.25) is 0 Å². The number of alkyl halides is 3. The van der Waals surface area contributed by atoms with Crippen molar-refractivity contribution in [2.24, 2.45) is 0 Å². The number of hydrogen-bond acceptors (Lipinski definition) is 2. The SMILES string of the molecule is FC(F)(F)c1ccc(Cl)c(Nc2ccc(Cl)cn2)c1. The monoisotopic (exact) mass is 306 g/mol. The van der Waals surface area contributed by atoms with E-state index in [0.717, 1.165) is 12.1 Å². The van der Waals surface area contributed by atoms with Gasteiger partial charge in [-0.3, -0.25) is 0 Å². The molecular formula is C12H7Cl2F3N2. The number of pyridine rings is 1. The fourth-order valence-corrected chi connectivity index (χ4v) is 1.66. The summed E-state index contributed by atoms with van der Waals surface area (Å²) in [5.74, 6) is 0.352. The van der Waals surface area contributed by atoms with Crippen LogP contribution in [0.5, 0.6) is 0 Å². The van der Waals surface area contributed by atoms with Gasteiger partial charge in [0.1, 0.15) is 5.82 Å². The molecule has 0 saturated heterocycles. The first kappa shape index (κ1) is 14.0. The van der Waals surface area contributed by atoms with E-state index in [9.17, 15) is 13.2 Å². The van der Waals surface area contributed by atoms with Gasteiger partial charge in [0.25, 0.3) is 0 Å². The predicted molar refractivity (Wildman–Crippen MR) is 69.0 cm³/mol. The summed E-state index contributed by atoms with van der Waals surface area (Å²) in [5.41, 5.74) is -0.653. The van der Waals surface area contributed by atoms with Crippen molar-refractivity contribution in [3.63, 3.8) is 0 Å². The van der Waals surface area contributed by atoms with Gasteiger partial charge in [-0.15, -0.1) is 0 Å². The van der Waals surface area contributed by atoms with Gasteiger partial charge in [-0.1, -0.05) is 23.2 Å². The molecule has 7 heteroatoms. The molecule has 0 spiro atoms. The zero-order chi connectivity index (χ0) is 14.0. The first-order chi connectivity index (χ1) is 8.86. The maximum absolute atomic E-state index is 12.6. The van der Waals surface area contributed by atoms with Gasteiger partial charge in [0, 0.05) is 6.20 Å². The third-order valence-corrected chi connectivity index (χ3v) is 2.84. The Bertz CT molecular complexity index is 583. The molecule has 1 aromatic heterocycles. The number of anilines is 2. The number of hydrogen-bond donors (Lipinski definition) is 1. The van der Waals surface area contributed by atoms with Crippen molar-refractivity contribution in [1.82, 2.24) is 4.98 Å². The molecule has 2 rings (SSSR count). The Morgan fingerprint density at radius 1 is 1.05 bits per heavy atom. The molecule has 100 valence electrons. The molecule has 1 heterocycles. The Labute approximate surface area is 117 Å². The summed E-state index contributed by atoms with van der Waals surface area (Å²) in [6.07, 6.45) is -3.04. The van der Waals surface area contributed by atoms with Crippen molar-refractivity contribution in [2.75, 3.05) is 5.32 Å². The molecule has 1 N–H and O–H groups in total. The molecule has 0 saturated carbocycles. The number of benzene rings is 1. The molecule has 0 bridgehead atoms. The second-order valence-electron chi connectivity index (χ2n) is 3.68. The van der Waals surface area contributed by atoms with Crippen molar-refractivity contribution in [3.05, 3.63) is 52.1 Å². The van der Waals surface area contributed by atoms with Crippen LogP contribution in [0.2, 0.25) is 10.0 Å². The summed E-state index contributed by atoms with van der Waals surface area (Å²) < 4.78 is 37.8. The minimum Gasteiger partial charge on any atom is -0.339 e. The summed E-state index contributed by atoms with van der Waals surface area (Å²) in [4.78, 5) is 3.92. The molecule has 0 aliphatic heterocycles. The molecule has 2 nitrogen and oxygen atoms in total. The van der Waals surface area contributed by atoms with Crippen LogP contribution < -0.4 is 5.32 Å². The lowest BCUT2D eigenvalue weighted by Gasteiger charge is -2.11. The third kappa shape index (κ3) is 3.52. The molecule has 2 aromatic rings. The molecule has 1 aromatic carbocycles. The summed E-state index contributed by atoms with van der Waals surface area (Å²) in [5, 5.41) is 3.31. The molecule has 0 fully saturated rings. The van der Waals surface area contributed by atoms with Crippen LogP contribution in [0.4, 0.5) is 24.7 Å². The first-order valence-electron chi connectivity index (χ1n) is 5.11. The second kappa shape index (κ2) is 5.27. The Hall–Kier alpha value is -1.46. The van der Waals surface area contributed by atoms with Crippen LogP contribution in [-0.4, -0.2) is 4.98 Å². The zero-order valence-corrected chi connectivity index (χ0v) is 10.8. The molecule has 0 unspecified atom stereocenters. The highest BCUT2D eigenvalue weighted by molar-refractivity contribution is 6.33. The zero-order valence-electron chi connectivity index (χ0n) is 9.30. The number of halogens is 5. The molecular weight excluding hydrogens is 300 g/mol. The number of nitrogens with zero attached hydrogens (tertiary/aromatic N) is 1. The minimum absolute atomic E-state index is 0.131. The lowest BCUT2D eigenvalue weighted by molar-refractivity contribution is -0.137. The second-order valence-corrected chi connectivity index (χ2v) is 4.52. The van der Waals surface area contributed by atoms with Crippen molar-refractivity contribution >= 4 is 34.7 Å². The Kier molecular flexibility index (Phi) is 3.87. The van der Waals surface area contributed by atoms with E-state index in [2.05, 4.69) is 10.3 Å². The minimum atomic E-state index is -4.42. The van der Waals surface area contributed by atoms with E-state index in [1.807, 2.05) is 0 Å². The average Bonchev–Trinajstić information content (AvgIpc) is 2.33.